The van der Waals surface area contributed by atoms with E-state index in [4.69, 9.17) is 0 Å². The molecule has 0 bridgehead atoms. The second kappa shape index (κ2) is 5.73. The lowest BCUT2D eigenvalue weighted by Gasteiger charge is -2.55. The largest absolute Gasteiger partial charge is 0.303 e. The Morgan fingerprint density at radius 1 is 1.00 bits per heavy atom. The molecule has 0 atom stereocenters. The molecule has 3 fully saturated rings. The van der Waals surface area contributed by atoms with E-state index >= 15 is 0 Å². The monoisotopic (exact) mass is 264 g/mol. The van der Waals surface area contributed by atoms with Crippen LogP contribution in [0, 0.1) is 11.3 Å². The van der Waals surface area contributed by atoms with Crippen LogP contribution in [0.25, 0.3) is 0 Å². The minimum atomic E-state index is 0.725. The molecule has 2 heterocycles. The van der Waals surface area contributed by atoms with E-state index in [1.165, 1.54) is 77.7 Å². The molecular weight excluding hydrogens is 232 g/mol. The molecule has 1 spiro atoms. The Bertz CT molecular complexity index is 288. The molecule has 1 saturated carbocycles. The van der Waals surface area contributed by atoms with Gasteiger partial charge in [0.15, 0.2) is 0 Å². The maximum atomic E-state index is 2.74. The molecule has 1 aliphatic carbocycles. The van der Waals surface area contributed by atoms with Crippen LogP contribution in [0.5, 0.6) is 0 Å². The highest BCUT2D eigenvalue weighted by molar-refractivity contribution is 4.99. The summed E-state index contributed by atoms with van der Waals surface area (Å²) in [5.41, 5.74) is 0.725. The first-order chi connectivity index (χ1) is 9.17. The lowest BCUT2D eigenvalue weighted by Crippen LogP contribution is -2.54. The quantitative estimate of drug-likeness (QED) is 0.771. The molecule has 3 aliphatic rings. The van der Waals surface area contributed by atoms with Crippen molar-refractivity contribution in [2.45, 2.75) is 64.8 Å². The molecule has 2 heteroatoms. The van der Waals surface area contributed by atoms with Crippen LogP contribution in [-0.2, 0) is 0 Å². The minimum absolute atomic E-state index is 0.725. The standard InChI is InChI=1S/C17H32N2/c1-15(2)19-10-6-7-17(14-19)11-16(12-17)13-18-8-4-3-5-9-18/h15-16H,3-14H2,1-2H3. The van der Waals surface area contributed by atoms with Crippen molar-refractivity contribution >= 4 is 0 Å². The lowest BCUT2D eigenvalue weighted by molar-refractivity contribution is -0.0445. The molecule has 0 N–H and O–H groups in total. The van der Waals surface area contributed by atoms with Gasteiger partial charge in [-0.1, -0.05) is 6.42 Å². The van der Waals surface area contributed by atoms with Gasteiger partial charge in [0, 0.05) is 19.1 Å². The molecule has 19 heavy (non-hydrogen) atoms. The number of hydrogen-bond acceptors (Lipinski definition) is 2. The van der Waals surface area contributed by atoms with Gasteiger partial charge < -0.3 is 9.80 Å². The van der Waals surface area contributed by atoms with Gasteiger partial charge in [0.1, 0.15) is 0 Å². The Morgan fingerprint density at radius 2 is 1.74 bits per heavy atom. The van der Waals surface area contributed by atoms with E-state index in [2.05, 4.69) is 23.6 Å². The zero-order valence-corrected chi connectivity index (χ0v) is 13.0. The first-order valence-corrected chi connectivity index (χ1v) is 8.63. The van der Waals surface area contributed by atoms with Crippen molar-refractivity contribution < 1.29 is 0 Å². The Labute approximate surface area is 119 Å². The minimum Gasteiger partial charge on any atom is -0.303 e. The van der Waals surface area contributed by atoms with Gasteiger partial charge in [0.25, 0.3) is 0 Å². The van der Waals surface area contributed by atoms with Crippen LogP contribution in [0.2, 0.25) is 0 Å². The molecule has 3 rings (SSSR count). The molecule has 0 aromatic heterocycles. The van der Waals surface area contributed by atoms with Crippen LogP contribution < -0.4 is 0 Å². The third-order valence-electron chi connectivity index (χ3n) is 5.83. The maximum Gasteiger partial charge on any atom is 0.00409 e. The maximum absolute atomic E-state index is 2.74. The van der Waals surface area contributed by atoms with Crippen LogP contribution in [0.15, 0.2) is 0 Å². The Kier molecular flexibility index (Phi) is 4.19. The highest BCUT2D eigenvalue weighted by Crippen LogP contribution is 2.51. The Morgan fingerprint density at radius 3 is 2.42 bits per heavy atom. The van der Waals surface area contributed by atoms with Gasteiger partial charge in [-0.3, -0.25) is 0 Å². The molecule has 0 radical (unpaired) electrons. The van der Waals surface area contributed by atoms with Crippen LogP contribution in [0.1, 0.15) is 58.8 Å². The van der Waals surface area contributed by atoms with Crippen LogP contribution >= 0.6 is 0 Å². The van der Waals surface area contributed by atoms with Crippen LogP contribution in [0.4, 0.5) is 0 Å². The van der Waals surface area contributed by atoms with Crippen molar-refractivity contribution in [2.75, 3.05) is 32.7 Å². The summed E-state index contributed by atoms with van der Waals surface area (Å²) in [5.74, 6) is 1.02. The second-order valence-electron chi connectivity index (χ2n) is 7.80. The van der Waals surface area contributed by atoms with Gasteiger partial charge in [0.2, 0.25) is 0 Å². The fourth-order valence-electron chi connectivity index (χ4n) is 4.82. The lowest BCUT2D eigenvalue weighted by atomic mass is 9.58. The molecule has 110 valence electrons. The van der Waals surface area contributed by atoms with E-state index in [1.54, 1.807) is 0 Å². The number of piperidine rings is 2. The number of hydrogen-bond donors (Lipinski definition) is 0. The molecule has 2 nitrogen and oxygen atoms in total. The van der Waals surface area contributed by atoms with Gasteiger partial charge in [0.05, 0.1) is 0 Å². The van der Waals surface area contributed by atoms with Gasteiger partial charge in [-0.25, -0.2) is 0 Å². The number of nitrogens with zero attached hydrogens (tertiary/aromatic N) is 2. The molecule has 0 amide bonds. The van der Waals surface area contributed by atoms with Crippen molar-refractivity contribution in [2.24, 2.45) is 11.3 Å². The van der Waals surface area contributed by atoms with E-state index in [0.717, 1.165) is 17.4 Å². The third-order valence-corrected chi connectivity index (χ3v) is 5.83. The first-order valence-electron chi connectivity index (χ1n) is 8.63. The van der Waals surface area contributed by atoms with Gasteiger partial charge in [-0.2, -0.15) is 0 Å². The Hall–Kier alpha value is -0.0800. The van der Waals surface area contributed by atoms with Crippen molar-refractivity contribution in [1.82, 2.24) is 9.80 Å². The van der Waals surface area contributed by atoms with Crippen molar-refractivity contribution in [3.05, 3.63) is 0 Å². The molecular formula is C17H32N2. The summed E-state index contributed by atoms with van der Waals surface area (Å²) in [6, 6.07) is 0.748. The zero-order chi connectivity index (χ0) is 13.3. The first kappa shape index (κ1) is 13.9. The summed E-state index contributed by atoms with van der Waals surface area (Å²) < 4.78 is 0. The van der Waals surface area contributed by atoms with E-state index < -0.39 is 0 Å². The summed E-state index contributed by atoms with van der Waals surface area (Å²) in [6.45, 7) is 11.6. The van der Waals surface area contributed by atoms with Crippen molar-refractivity contribution in [3.8, 4) is 0 Å². The molecule has 0 unspecified atom stereocenters. The smallest absolute Gasteiger partial charge is 0.00409 e. The van der Waals surface area contributed by atoms with Crippen molar-refractivity contribution in [1.29, 1.82) is 0 Å². The fraction of sp³-hybridized carbons (Fsp3) is 1.00. The summed E-state index contributed by atoms with van der Waals surface area (Å²) in [7, 11) is 0. The van der Waals surface area contributed by atoms with Crippen LogP contribution in [-0.4, -0.2) is 48.6 Å². The summed E-state index contributed by atoms with van der Waals surface area (Å²) in [6.07, 6.45) is 10.3. The highest BCUT2D eigenvalue weighted by atomic mass is 15.2. The van der Waals surface area contributed by atoms with Gasteiger partial charge >= 0.3 is 0 Å². The normalized spacial score (nSPS) is 37.7. The molecule has 0 aromatic carbocycles. The van der Waals surface area contributed by atoms with Gasteiger partial charge in [-0.05, 0) is 83.3 Å². The predicted octanol–water partition coefficient (Wildman–Crippen LogP) is 3.37. The van der Waals surface area contributed by atoms with Crippen LogP contribution in [0.3, 0.4) is 0 Å². The van der Waals surface area contributed by atoms with Gasteiger partial charge in [-0.15, -0.1) is 0 Å². The summed E-state index contributed by atoms with van der Waals surface area (Å²) in [5, 5.41) is 0. The highest BCUT2D eigenvalue weighted by Gasteiger charge is 2.46. The summed E-state index contributed by atoms with van der Waals surface area (Å²) >= 11 is 0. The van der Waals surface area contributed by atoms with E-state index in [-0.39, 0.29) is 0 Å². The van der Waals surface area contributed by atoms with E-state index in [0.29, 0.717) is 0 Å². The fourth-order valence-corrected chi connectivity index (χ4v) is 4.82. The number of likely N-dealkylation sites (tertiary alicyclic amines) is 2. The topological polar surface area (TPSA) is 6.48 Å². The zero-order valence-electron chi connectivity index (χ0n) is 13.0. The molecule has 2 aliphatic heterocycles. The predicted molar refractivity (Wildman–Crippen MR) is 81.4 cm³/mol. The van der Waals surface area contributed by atoms with Crippen molar-refractivity contribution in [3.63, 3.8) is 0 Å². The summed E-state index contributed by atoms with van der Waals surface area (Å²) in [4.78, 5) is 5.46. The molecule has 2 saturated heterocycles. The average Bonchev–Trinajstić information content (AvgIpc) is 2.38. The SMILES string of the molecule is CC(C)N1CCCC2(CC(CN3CCCCC3)C2)C1. The number of rotatable bonds is 3. The van der Waals surface area contributed by atoms with E-state index in [9.17, 15) is 0 Å². The Balaban J connectivity index is 1.45. The molecule has 0 aromatic rings. The average molecular weight is 264 g/mol. The van der Waals surface area contributed by atoms with E-state index in [1.807, 2.05) is 0 Å². The third kappa shape index (κ3) is 3.16. The second-order valence-corrected chi connectivity index (χ2v) is 7.80.